The van der Waals surface area contributed by atoms with E-state index in [0.29, 0.717) is 0 Å². The van der Waals surface area contributed by atoms with Crippen LogP contribution < -0.4 is 0 Å². The third kappa shape index (κ3) is 10.8. The SMILES string of the molecule is CN(CCCCN1CCC(Cc2ccccc2)CC1)Sc1ccccc1.Clc1ccccc1. The van der Waals surface area contributed by atoms with E-state index in [-0.39, 0.29) is 0 Å². The molecule has 4 rings (SSSR count). The van der Waals surface area contributed by atoms with E-state index in [1.54, 1.807) is 0 Å². The van der Waals surface area contributed by atoms with Crippen LogP contribution in [0.15, 0.2) is 95.9 Å². The van der Waals surface area contributed by atoms with Crippen LogP contribution in [0, 0.1) is 5.92 Å². The summed E-state index contributed by atoms with van der Waals surface area (Å²) in [5, 5.41) is 0.794. The number of rotatable bonds is 9. The molecule has 0 unspecified atom stereocenters. The lowest BCUT2D eigenvalue weighted by atomic mass is 9.90. The quantitative estimate of drug-likeness (QED) is 0.229. The zero-order chi connectivity index (χ0) is 23.1. The van der Waals surface area contributed by atoms with Gasteiger partial charge in [0, 0.05) is 16.5 Å². The van der Waals surface area contributed by atoms with Gasteiger partial charge < -0.3 is 4.90 Å². The van der Waals surface area contributed by atoms with Crippen molar-refractivity contribution in [2.45, 2.75) is 37.0 Å². The van der Waals surface area contributed by atoms with Crippen molar-refractivity contribution in [3.05, 3.63) is 102 Å². The number of unbranched alkanes of at least 4 members (excludes halogenated alkanes) is 1. The number of halogens is 1. The van der Waals surface area contributed by atoms with Crippen molar-refractivity contribution in [3.8, 4) is 0 Å². The zero-order valence-corrected chi connectivity index (χ0v) is 21.4. The second-order valence-electron chi connectivity index (χ2n) is 8.73. The van der Waals surface area contributed by atoms with E-state index in [4.69, 9.17) is 11.6 Å². The number of hydrogen-bond acceptors (Lipinski definition) is 3. The van der Waals surface area contributed by atoms with Gasteiger partial charge >= 0.3 is 0 Å². The average molecular weight is 481 g/mol. The van der Waals surface area contributed by atoms with Gasteiger partial charge in [0.15, 0.2) is 0 Å². The Balaban J connectivity index is 0.000000374. The molecule has 0 N–H and O–H groups in total. The molecule has 0 bridgehead atoms. The second kappa shape index (κ2) is 15.2. The number of likely N-dealkylation sites (tertiary alicyclic amines) is 1. The molecule has 176 valence electrons. The van der Waals surface area contributed by atoms with Gasteiger partial charge in [0.1, 0.15) is 0 Å². The lowest BCUT2D eigenvalue weighted by Gasteiger charge is -2.32. The Hall–Kier alpha value is -1.78. The summed E-state index contributed by atoms with van der Waals surface area (Å²) in [5.41, 5.74) is 1.50. The van der Waals surface area contributed by atoms with Crippen LogP contribution in [0.4, 0.5) is 0 Å². The van der Waals surface area contributed by atoms with Crippen LogP contribution in [-0.2, 0) is 6.42 Å². The highest BCUT2D eigenvalue weighted by Gasteiger charge is 2.19. The molecule has 0 aliphatic carbocycles. The van der Waals surface area contributed by atoms with Gasteiger partial charge in [-0.1, -0.05) is 78.3 Å². The van der Waals surface area contributed by atoms with Gasteiger partial charge in [-0.25, -0.2) is 4.31 Å². The van der Waals surface area contributed by atoms with Crippen LogP contribution >= 0.6 is 23.5 Å². The predicted molar refractivity (Wildman–Crippen MR) is 145 cm³/mol. The largest absolute Gasteiger partial charge is 0.303 e. The first-order valence-electron chi connectivity index (χ1n) is 12.1. The van der Waals surface area contributed by atoms with Gasteiger partial charge in [-0.3, -0.25) is 0 Å². The first kappa shape index (κ1) is 25.8. The zero-order valence-electron chi connectivity index (χ0n) is 19.8. The van der Waals surface area contributed by atoms with Gasteiger partial charge in [0.05, 0.1) is 0 Å². The van der Waals surface area contributed by atoms with E-state index in [1.807, 2.05) is 42.3 Å². The normalized spacial score (nSPS) is 14.6. The molecule has 1 saturated heterocycles. The Kier molecular flexibility index (Phi) is 11.9. The maximum Gasteiger partial charge on any atom is 0.0405 e. The highest BCUT2D eigenvalue weighted by Crippen LogP contribution is 2.23. The lowest BCUT2D eigenvalue weighted by molar-refractivity contribution is 0.180. The molecule has 3 aromatic rings. The van der Waals surface area contributed by atoms with Gasteiger partial charge in [-0.05, 0) is 106 Å². The summed E-state index contributed by atoms with van der Waals surface area (Å²) < 4.78 is 2.36. The molecular formula is C29H37ClN2S. The third-order valence-electron chi connectivity index (χ3n) is 6.01. The van der Waals surface area contributed by atoms with Crippen LogP contribution in [0.2, 0.25) is 5.02 Å². The minimum atomic E-state index is 0.794. The number of hydrogen-bond donors (Lipinski definition) is 0. The van der Waals surface area contributed by atoms with Gasteiger partial charge in [0.25, 0.3) is 0 Å². The molecular weight excluding hydrogens is 444 g/mol. The first-order valence-corrected chi connectivity index (χ1v) is 13.2. The van der Waals surface area contributed by atoms with Crippen LogP contribution in [0.1, 0.15) is 31.2 Å². The molecule has 1 heterocycles. The highest BCUT2D eigenvalue weighted by molar-refractivity contribution is 7.97. The minimum absolute atomic E-state index is 0.794. The van der Waals surface area contributed by atoms with Crippen LogP contribution in [-0.4, -0.2) is 42.4 Å². The molecule has 0 atom stereocenters. The van der Waals surface area contributed by atoms with Crippen molar-refractivity contribution in [2.24, 2.45) is 5.92 Å². The molecule has 0 aromatic heterocycles. The Labute approximate surface area is 210 Å². The van der Waals surface area contributed by atoms with E-state index in [2.05, 4.69) is 76.9 Å². The summed E-state index contributed by atoms with van der Waals surface area (Å²) in [6.45, 7) is 4.99. The molecule has 1 aliphatic rings. The van der Waals surface area contributed by atoms with Crippen LogP contribution in [0.25, 0.3) is 0 Å². The Bertz CT molecular complexity index is 868. The Morgan fingerprint density at radius 1 is 0.818 bits per heavy atom. The lowest BCUT2D eigenvalue weighted by Crippen LogP contribution is -2.35. The summed E-state index contributed by atoms with van der Waals surface area (Å²) in [7, 11) is 2.20. The Morgan fingerprint density at radius 3 is 1.97 bits per heavy atom. The molecule has 1 fully saturated rings. The molecule has 0 radical (unpaired) electrons. The molecule has 1 aliphatic heterocycles. The number of nitrogens with zero attached hydrogens (tertiary/aromatic N) is 2. The summed E-state index contributed by atoms with van der Waals surface area (Å²) >= 11 is 7.39. The Morgan fingerprint density at radius 2 is 1.39 bits per heavy atom. The third-order valence-corrected chi connectivity index (χ3v) is 7.24. The van der Waals surface area contributed by atoms with Gasteiger partial charge in [-0.2, -0.15) is 0 Å². The number of benzene rings is 3. The van der Waals surface area contributed by atoms with Crippen molar-refractivity contribution in [1.29, 1.82) is 0 Å². The average Bonchev–Trinajstić information content (AvgIpc) is 2.85. The molecule has 4 heteroatoms. The van der Waals surface area contributed by atoms with Crippen molar-refractivity contribution >= 4 is 23.5 Å². The van der Waals surface area contributed by atoms with Crippen molar-refractivity contribution in [3.63, 3.8) is 0 Å². The summed E-state index contributed by atoms with van der Waals surface area (Å²) in [4.78, 5) is 4.00. The summed E-state index contributed by atoms with van der Waals surface area (Å²) in [6, 6.07) is 31.1. The summed E-state index contributed by atoms with van der Waals surface area (Å²) in [5.74, 6) is 0.877. The van der Waals surface area contributed by atoms with E-state index in [9.17, 15) is 0 Å². The fourth-order valence-corrected chi connectivity index (χ4v) is 5.16. The molecule has 0 amide bonds. The number of piperidine rings is 1. The van der Waals surface area contributed by atoms with E-state index in [1.165, 1.54) is 62.2 Å². The van der Waals surface area contributed by atoms with E-state index >= 15 is 0 Å². The fourth-order valence-electron chi connectivity index (χ4n) is 4.15. The molecule has 3 aromatic carbocycles. The molecule has 0 spiro atoms. The molecule has 0 saturated carbocycles. The van der Waals surface area contributed by atoms with E-state index < -0.39 is 0 Å². The monoisotopic (exact) mass is 480 g/mol. The first-order chi connectivity index (χ1) is 16.2. The molecule has 33 heavy (non-hydrogen) atoms. The topological polar surface area (TPSA) is 6.48 Å². The minimum Gasteiger partial charge on any atom is -0.303 e. The maximum atomic E-state index is 5.54. The van der Waals surface area contributed by atoms with Crippen LogP contribution in [0.3, 0.4) is 0 Å². The standard InChI is InChI=1S/C23H32N2S.C6H5Cl/c1-24(26-23-12-6-3-7-13-23)16-8-9-17-25-18-14-22(15-19-25)20-21-10-4-2-5-11-21;7-6-4-2-1-3-5-6/h2-7,10-13,22H,8-9,14-20H2,1H3;1-5H. The van der Waals surface area contributed by atoms with E-state index in [0.717, 1.165) is 17.5 Å². The van der Waals surface area contributed by atoms with Gasteiger partial charge in [0.2, 0.25) is 0 Å². The van der Waals surface area contributed by atoms with Gasteiger partial charge in [-0.15, -0.1) is 0 Å². The second-order valence-corrected chi connectivity index (χ2v) is 10.4. The van der Waals surface area contributed by atoms with Crippen LogP contribution in [0.5, 0.6) is 0 Å². The van der Waals surface area contributed by atoms with Crippen molar-refractivity contribution in [2.75, 3.05) is 33.2 Å². The smallest absolute Gasteiger partial charge is 0.0405 e. The highest BCUT2D eigenvalue weighted by atomic mass is 35.5. The maximum absolute atomic E-state index is 5.54. The summed E-state index contributed by atoms with van der Waals surface area (Å²) in [6.07, 6.45) is 6.57. The van der Waals surface area contributed by atoms with Crippen molar-refractivity contribution < 1.29 is 0 Å². The fraction of sp³-hybridized carbons (Fsp3) is 0.379. The molecule has 2 nitrogen and oxygen atoms in total. The predicted octanol–water partition coefficient (Wildman–Crippen LogP) is 7.70. The van der Waals surface area contributed by atoms with Crippen molar-refractivity contribution in [1.82, 2.24) is 9.21 Å².